The summed E-state index contributed by atoms with van der Waals surface area (Å²) in [5.41, 5.74) is 0. The average molecular weight is 175 g/mol. The lowest BCUT2D eigenvalue weighted by atomic mass is 10.2. The van der Waals surface area contributed by atoms with Crippen molar-refractivity contribution in [1.82, 2.24) is 5.32 Å². The number of hydrogen-bond acceptors (Lipinski definition) is 3. The molecule has 3 heteroatoms. The Labute approximate surface area is 73.1 Å². The first-order chi connectivity index (χ1) is 5.33. The maximum atomic E-state index is 5.06. The first-order valence-electron chi connectivity index (χ1n) is 4.13. The molecule has 1 atom stereocenters. The van der Waals surface area contributed by atoms with E-state index in [1.807, 2.05) is 11.8 Å². The van der Waals surface area contributed by atoms with Crippen LogP contribution in [0.15, 0.2) is 0 Å². The maximum absolute atomic E-state index is 5.06. The van der Waals surface area contributed by atoms with Crippen molar-refractivity contribution < 1.29 is 4.74 Å². The molecule has 0 aliphatic carbocycles. The third kappa shape index (κ3) is 3.45. The van der Waals surface area contributed by atoms with E-state index in [0.29, 0.717) is 6.04 Å². The lowest BCUT2D eigenvalue weighted by molar-refractivity contribution is -0.00591. The van der Waals surface area contributed by atoms with Gasteiger partial charge < -0.3 is 10.1 Å². The summed E-state index contributed by atoms with van der Waals surface area (Å²) in [6.45, 7) is 5.23. The molecule has 0 aromatic rings. The second kappa shape index (κ2) is 5.01. The average Bonchev–Trinajstić information content (AvgIpc) is 1.85. The smallest absolute Gasteiger partial charge is 0.0643 e. The second-order valence-electron chi connectivity index (χ2n) is 3.20. The van der Waals surface area contributed by atoms with Gasteiger partial charge in [0, 0.05) is 0 Å². The van der Waals surface area contributed by atoms with Gasteiger partial charge in [0.25, 0.3) is 0 Å². The molecule has 1 aliphatic rings. The van der Waals surface area contributed by atoms with Crippen LogP contribution in [0.1, 0.15) is 6.92 Å². The Morgan fingerprint density at radius 2 is 2.36 bits per heavy atom. The molecule has 66 valence electrons. The highest BCUT2D eigenvalue weighted by Gasteiger charge is 2.17. The first-order valence-corrected chi connectivity index (χ1v) is 5.52. The fourth-order valence-electron chi connectivity index (χ4n) is 1.06. The minimum atomic E-state index is 0.638. The summed E-state index contributed by atoms with van der Waals surface area (Å²) < 4.78 is 5.06. The van der Waals surface area contributed by atoms with Crippen LogP contribution in [0.25, 0.3) is 0 Å². The Balaban J connectivity index is 1.92. The molecule has 1 saturated heterocycles. The summed E-state index contributed by atoms with van der Waals surface area (Å²) >= 11 is 1.92. The van der Waals surface area contributed by atoms with Gasteiger partial charge in [0.15, 0.2) is 0 Å². The summed E-state index contributed by atoms with van der Waals surface area (Å²) in [4.78, 5) is 0. The molecule has 0 aromatic heterocycles. The molecular weight excluding hydrogens is 158 g/mol. The number of hydrogen-bond donors (Lipinski definition) is 1. The van der Waals surface area contributed by atoms with Gasteiger partial charge in [0.05, 0.1) is 19.3 Å². The van der Waals surface area contributed by atoms with E-state index in [0.717, 1.165) is 25.7 Å². The monoisotopic (exact) mass is 175 g/mol. The molecule has 0 amide bonds. The molecule has 1 aliphatic heterocycles. The van der Waals surface area contributed by atoms with Gasteiger partial charge in [-0.05, 0) is 24.5 Å². The van der Waals surface area contributed by atoms with Crippen molar-refractivity contribution in [3.63, 3.8) is 0 Å². The lowest BCUT2D eigenvalue weighted by Gasteiger charge is -2.28. The van der Waals surface area contributed by atoms with Crippen LogP contribution in [0.2, 0.25) is 0 Å². The molecule has 0 bridgehead atoms. The third-order valence-electron chi connectivity index (χ3n) is 1.84. The zero-order chi connectivity index (χ0) is 8.10. The molecule has 0 aromatic carbocycles. The topological polar surface area (TPSA) is 21.3 Å². The highest BCUT2D eigenvalue weighted by molar-refractivity contribution is 7.98. The zero-order valence-corrected chi connectivity index (χ0v) is 8.12. The van der Waals surface area contributed by atoms with Crippen LogP contribution in [0.4, 0.5) is 0 Å². The van der Waals surface area contributed by atoms with Gasteiger partial charge in [-0.15, -0.1) is 0 Å². The number of rotatable bonds is 5. The minimum Gasteiger partial charge on any atom is -0.378 e. The summed E-state index contributed by atoms with van der Waals surface area (Å²) in [6, 6.07) is 0.638. The van der Waals surface area contributed by atoms with Crippen LogP contribution in [0, 0.1) is 5.92 Å². The first kappa shape index (κ1) is 9.36. The fourth-order valence-corrected chi connectivity index (χ4v) is 1.75. The van der Waals surface area contributed by atoms with Crippen molar-refractivity contribution in [2.75, 3.05) is 31.8 Å². The summed E-state index contributed by atoms with van der Waals surface area (Å²) in [5.74, 6) is 2.03. The van der Waals surface area contributed by atoms with Crippen molar-refractivity contribution in [1.29, 1.82) is 0 Å². The summed E-state index contributed by atoms with van der Waals surface area (Å²) in [7, 11) is 0. The molecule has 1 fully saturated rings. The van der Waals surface area contributed by atoms with Crippen LogP contribution < -0.4 is 5.32 Å². The Morgan fingerprint density at radius 1 is 1.64 bits per heavy atom. The Morgan fingerprint density at radius 3 is 2.82 bits per heavy atom. The van der Waals surface area contributed by atoms with E-state index in [2.05, 4.69) is 18.5 Å². The standard InChI is InChI=1S/C8H17NOS/c1-7(6-11-2)3-9-8-4-10-5-8/h7-9H,3-6H2,1-2H3. The van der Waals surface area contributed by atoms with E-state index in [-0.39, 0.29) is 0 Å². The lowest BCUT2D eigenvalue weighted by Crippen LogP contribution is -2.47. The molecule has 0 saturated carbocycles. The molecule has 1 N–H and O–H groups in total. The molecule has 1 rings (SSSR count). The molecule has 2 nitrogen and oxygen atoms in total. The van der Waals surface area contributed by atoms with Crippen molar-refractivity contribution >= 4 is 11.8 Å². The van der Waals surface area contributed by atoms with E-state index in [4.69, 9.17) is 4.74 Å². The molecule has 0 radical (unpaired) electrons. The predicted octanol–water partition coefficient (Wildman–Crippen LogP) is 0.974. The van der Waals surface area contributed by atoms with Gasteiger partial charge in [-0.2, -0.15) is 11.8 Å². The van der Waals surface area contributed by atoms with E-state index in [1.54, 1.807) is 0 Å². The largest absolute Gasteiger partial charge is 0.378 e. The predicted molar refractivity (Wildman–Crippen MR) is 50.2 cm³/mol. The maximum Gasteiger partial charge on any atom is 0.0643 e. The highest BCUT2D eigenvalue weighted by atomic mass is 32.2. The molecule has 1 unspecified atom stereocenters. The number of ether oxygens (including phenoxy) is 1. The second-order valence-corrected chi connectivity index (χ2v) is 4.11. The van der Waals surface area contributed by atoms with Crippen LogP contribution in [-0.4, -0.2) is 37.8 Å². The molecular formula is C8H17NOS. The fraction of sp³-hybridized carbons (Fsp3) is 1.00. The van der Waals surface area contributed by atoms with Gasteiger partial charge in [-0.1, -0.05) is 6.92 Å². The van der Waals surface area contributed by atoms with E-state index >= 15 is 0 Å². The van der Waals surface area contributed by atoms with Gasteiger partial charge in [0.1, 0.15) is 0 Å². The molecule has 11 heavy (non-hydrogen) atoms. The van der Waals surface area contributed by atoms with Gasteiger partial charge in [0.2, 0.25) is 0 Å². The normalized spacial score (nSPS) is 21.3. The van der Waals surface area contributed by atoms with Crippen LogP contribution in [0.3, 0.4) is 0 Å². The van der Waals surface area contributed by atoms with Gasteiger partial charge in [-0.3, -0.25) is 0 Å². The van der Waals surface area contributed by atoms with Crippen molar-refractivity contribution in [3.05, 3.63) is 0 Å². The van der Waals surface area contributed by atoms with E-state index in [1.165, 1.54) is 5.75 Å². The molecule has 0 spiro atoms. The Bertz CT molecular complexity index is 106. The van der Waals surface area contributed by atoms with Gasteiger partial charge >= 0.3 is 0 Å². The summed E-state index contributed by atoms with van der Waals surface area (Å²) in [6.07, 6.45) is 2.16. The minimum absolute atomic E-state index is 0.638. The number of nitrogens with one attached hydrogen (secondary N) is 1. The van der Waals surface area contributed by atoms with Crippen LogP contribution in [0.5, 0.6) is 0 Å². The zero-order valence-electron chi connectivity index (χ0n) is 7.30. The van der Waals surface area contributed by atoms with Crippen LogP contribution in [-0.2, 0) is 4.74 Å². The number of thioether (sulfide) groups is 1. The van der Waals surface area contributed by atoms with Crippen molar-refractivity contribution in [3.8, 4) is 0 Å². The van der Waals surface area contributed by atoms with Crippen molar-refractivity contribution in [2.45, 2.75) is 13.0 Å². The molecule has 1 heterocycles. The SMILES string of the molecule is CSCC(C)CNC1COC1. The summed E-state index contributed by atoms with van der Waals surface area (Å²) in [5, 5.41) is 3.47. The third-order valence-corrected chi connectivity index (χ3v) is 2.75. The Kier molecular flexibility index (Phi) is 4.26. The van der Waals surface area contributed by atoms with E-state index < -0.39 is 0 Å². The Hall–Kier alpha value is 0.270. The van der Waals surface area contributed by atoms with Gasteiger partial charge in [-0.25, -0.2) is 0 Å². The van der Waals surface area contributed by atoms with E-state index in [9.17, 15) is 0 Å². The quantitative estimate of drug-likeness (QED) is 0.673. The highest BCUT2D eigenvalue weighted by Crippen LogP contribution is 2.05. The van der Waals surface area contributed by atoms with Crippen molar-refractivity contribution in [2.24, 2.45) is 5.92 Å². The van der Waals surface area contributed by atoms with Crippen LogP contribution >= 0.6 is 11.8 Å².